The molecule has 0 saturated carbocycles. The molecular formula is C18H18N4O. The largest absolute Gasteiger partial charge is 0.298 e. The Balaban J connectivity index is 2.07. The van der Waals surface area contributed by atoms with Crippen LogP contribution in [0.2, 0.25) is 0 Å². The van der Waals surface area contributed by atoms with Gasteiger partial charge in [0, 0.05) is 11.1 Å². The van der Waals surface area contributed by atoms with Gasteiger partial charge in [-0.2, -0.15) is 4.80 Å². The molecule has 0 radical (unpaired) electrons. The third-order valence-corrected chi connectivity index (χ3v) is 3.54. The molecule has 0 atom stereocenters. The molecule has 23 heavy (non-hydrogen) atoms. The van der Waals surface area contributed by atoms with E-state index in [-0.39, 0.29) is 5.54 Å². The molecule has 116 valence electrons. The summed E-state index contributed by atoms with van der Waals surface area (Å²) in [5.74, 6) is 0.593. The Morgan fingerprint density at radius 2 is 1.61 bits per heavy atom. The van der Waals surface area contributed by atoms with Crippen molar-refractivity contribution >= 4 is 6.29 Å². The second-order valence-electron chi connectivity index (χ2n) is 6.36. The van der Waals surface area contributed by atoms with Gasteiger partial charge in [-0.15, -0.1) is 10.2 Å². The smallest absolute Gasteiger partial charge is 0.205 e. The van der Waals surface area contributed by atoms with Crippen LogP contribution in [0.1, 0.15) is 31.1 Å². The van der Waals surface area contributed by atoms with E-state index in [0.29, 0.717) is 11.4 Å². The number of carbonyl (C=O) groups is 1. The monoisotopic (exact) mass is 306 g/mol. The third kappa shape index (κ3) is 3.04. The fourth-order valence-corrected chi connectivity index (χ4v) is 2.28. The Morgan fingerprint density at radius 1 is 0.957 bits per heavy atom. The van der Waals surface area contributed by atoms with Gasteiger partial charge in [-0.25, -0.2) is 0 Å². The van der Waals surface area contributed by atoms with E-state index in [0.717, 1.165) is 23.0 Å². The van der Waals surface area contributed by atoms with Crippen LogP contribution in [-0.4, -0.2) is 26.5 Å². The topological polar surface area (TPSA) is 60.7 Å². The lowest BCUT2D eigenvalue weighted by molar-refractivity contribution is 0.112. The minimum absolute atomic E-state index is 0.216. The number of hydrogen-bond acceptors (Lipinski definition) is 4. The summed E-state index contributed by atoms with van der Waals surface area (Å²) in [6.45, 7) is 6.09. The van der Waals surface area contributed by atoms with Crippen molar-refractivity contribution in [3.8, 4) is 22.5 Å². The van der Waals surface area contributed by atoms with Crippen molar-refractivity contribution in [1.29, 1.82) is 0 Å². The van der Waals surface area contributed by atoms with Gasteiger partial charge in [0.05, 0.1) is 5.54 Å². The first-order chi connectivity index (χ1) is 11.0. The predicted octanol–water partition coefficient (Wildman–Crippen LogP) is 3.57. The molecule has 0 saturated heterocycles. The van der Waals surface area contributed by atoms with Gasteiger partial charge in [0.15, 0.2) is 0 Å². The Labute approximate surface area is 135 Å². The van der Waals surface area contributed by atoms with Crippen LogP contribution in [0.25, 0.3) is 22.5 Å². The SMILES string of the molecule is CC(C)(C)n1nnc(-c2ccccc2-c2ccc(C=O)cc2)n1. The number of rotatable bonds is 3. The fourth-order valence-electron chi connectivity index (χ4n) is 2.28. The summed E-state index contributed by atoms with van der Waals surface area (Å²) < 4.78 is 0. The summed E-state index contributed by atoms with van der Waals surface area (Å²) in [7, 11) is 0. The van der Waals surface area contributed by atoms with E-state index in [9.17, 15) is 4.79 Å². The van der Waals surface area contributed by atoms with Crippen LogP contribution >= 0.6 is 0 Å². The van der Waals surface area contributed by atoms with Gasteiger partial charge in [0.2, 0.25) is 5.82 Å². The Hall–Kier alpha value is -2.82. The van der Waals surface area contributed by atoms with Gasteiger partial charge >= 0.3 is 0 Å². The van der Waals surface area contributed by atoms with Gasteiger partial charge < -0.3 is 0 Å². The lowest BCUT2D eigenvalue weighted by Crippen LogP contribution is -2.24. The van der Waals surface area contributed by atoms with Gasteiger partial charge in [0.1, 0.15) is 6.29 Å². The number of nitrogens with zero attached hydrogens (tertiary/aromatic N) is 4. The van der Waals surface area contributed by atoms with E-state index in [1.54, 1.807) is 16.9 Å². The molecule has 0 aliphatic heterocycles. The van der Waals surface area contributed by atoms with Crippen LogP contribution in [0.3, 0.4) is 0 Å². The predicted molar refractivity (Wildman–Crippen MR) is 89.1 cm³/mol. The van der Waals surface area contributed by atoms with Crippen molar-refractivity contribution in [3.05, 3.63) is 54.1 Å². The number of aldehydes is 1. The molecule has 1 heterocycles. The van der Waals surface area contributed by atoms with E-state index in [2.05, 4.69) is 15.4 Å². The molecule has 3 aromatic rings. The maximum absolute atomic E-state index is 10.8. The molecule has 0 amide bonds. The van der Waals surface area contributed by atoms with Crippen molar-refractivity contribution < 1.29 is 4.79 Å². The molecule has 0 bridgehead atoms. The first-order valence-electron chi connectivity index (χ1n) is 7.44. The normalized spacial score (nSPS) is 11.4. The molecule has 0 aliphatic rings. The highest BCUT2D eigenvalue weighted by molar-refractivity contribution is 5.82. The van der Waals surface area contributed by atoms with Crippen LogP contribution in [0, 0.1) is 0 Å². The summed E-state index contributed by atoms with van der Waals surface area (Å²) in [6.07, 6.45) is 0.839. The summed E-state index contributed by atoms with van der Waals surface area (Å²) >= 11 is 0. The first-order valence-corrected chi connectivity index (χ1v) is 7.44. The van der Waals surface area contributed by atoms with Crippen molar-refractivity contribution in [2.75, 3.05) is 0 Å². The van der Waals surface area contributed by atoms with E-state index >= 15 is 0 Å². The van der Waals surface area contributed by atoms with Crippen molar-refractivity contribution in [3.63, 3.8) is 0 Å². The number of tetrazole rings is 1. The highest BCUT2D eigenvalue weighted by atomic mass is 16.1. The molecule has 2 aromatic carbocycles. The second-order valence-corrected chi connectivity index (χ2v) is 6.36. The number of benzene rings is 2. The zero-order valence-corrected chi connectivity index (χ0v) is 13.4. The highest BCUT2D eigenvalue weighted by Gasteiger charge is 2.19. The molecule has 1 aromatic heterocycles. The zero-order valence-electron chi connectivity index (χ0n) is 13.4. The minimum atomic E-state index is -0.216. The maximum Gasteiger partial charge on any atom is 0.205 e. The average Bonchev–Trinajstić information content (AvgIpc) is 3.05. The first kappa shape index (κ1) is 15.1. The molecule has 5 heteroatoms. The van der Waals surface area contributed by atoms with Crippen LogP contribution < -0.4 is 0 Å². The fraction of sp³-hybridized carbons (Fsp3) is 0.222. The van der Waals surface area contributed by atoms with Gasteiger partial charge in [-0.05, 0) is 37.1 Å². The Morgan fingerprint density at radius 3 is 2.17 bits per heavy atom. The third-order valence-electron chi connectivity index (χ3n) is 3.54. The van der Waals surface area contributed by atoms with E-state index < -0.39 is 0 Å². The average molecular weight is 306 g/mol. The molecule has 5 nitrogen and oxygen atoms in total. The molecule has 0 spiro atoms. The number of aromatic nitrogens is 4. The van der Waals surface area contributed by atoms with E-state index in [1.807, 2.05) is 57.2 Å². The molecule has 0 fully saturated rings. The van der Waals surface area contributed by atoms with Crippen LogP contribution in [0.4, 0.5) is 0 Å². The van der Waals surface area contributed by atoms with E-state index in [4.69, 9.17) is 0 Å². The van der Waals surface area contributed by atoms with Crippen molar-refractivity contribution in [1.82, 2.24) is 20.2 Å². The highest BCUT2D eigenvalue weighted by Crippen LogP contribution is 2.30. The second kappa shape index (κ2) is 5.76. The lowest BCUT2D eigenvalue weighted by Gasteiger charge is -2.15. The lowest BCUT2D eigenvalue weighted by atomic mass is 9.98. The maximum atomic E-state index is 10.8. The standard InChI is InChI=1S/C18H18N4O/c1-18(2,3)22-20-17(19-21-22)16-7-5-4-6-15(16)14-10-8-13(12-23)9-11-14/h4-12H,1-3H3. The minimum Gasteiger partial charge on any atom is -0.298 e. The van der Waals surface area contributed by atoms with Crippen LogP contribution in [-0.2, 0) is 5.54 Å². The van der Waals surface area contributed by atoms with Gasteiger partial charge in [0.25, 0.3) is 0 Å². The van der Waals surface area contributed by atoms with Crippen molar-refractivity contribution in [2.45, 2.75) is 26.3 Å². The molecule has 3 rings (SSSR count). The summed E-state index contributed by atoms with van der Waals surface area (Å²) in [6, 6.07) is 15.4. The summed E-state index contributed by atoms with van der Waals surface area (Å²) in [5.41, 5.74) is 3.38. The zero-order chi connectivity index (χ0) is 16.4. The molecule has 0 aliphatic carbocycles. The summed E-state index contributed by atoms with van der Waals surface area (Å²) in [5, 5.41) is 12.9. The summed E-state index contributed by atoms with van der Waals surface area (Å²) in [4.78, 5) is 12.4. The van der Waals surface area contributed by atoms with E-state index in [1.165, 1.54) is 0 Å². The number of hydrogen-bond donors (Lipinski definition) is 0. The van der Waals surface area contributed by atoms with Crippen LogP contribution in [0.15, 0.2) is 48.5 Å². The Kier molecular flexibility index (Phi) is 3.78. The molecular weight excluding hydrogens is 288 g/mol. The van der Waals surface area contributed by atoms with Crippen LogP contribution in [0.5, 0.6) is 0 Å². The van der Waals surface area contributed by atoms with Crippen molar-refractivity contribution in [2.24, 2.45) is 0 Å². The van der Waals surface area contributed by atoms with Gasteiger partial charge in [-0.1, -0.05) is 48.5 Å². The molecule has 0 N–H and O–H groups in total. The van der Waals surface area contributed by atoms with Gasteiger partial charge in [-0.3, -0.25) is 4.79 Å². The Bertz CT molecular complexity index is 829. The number of carbonyl (C=O) groups excluding carboxylic acids is 1. The quantitative estimate of drug-likeness (QED) is 0.694. The molecule has 0 unspecified atom stereocenters.